The molecule has 0 radical (unpaired) electrons. The number of carbonyl (C=O) groups excluding carboxylic acids is 2. The molecule has 2 saturated heterocycles. The van der Waals surface area contributed by atoms with Crippen molar-refractivity contribution in [2.24, 2.45) is 0 Å². The molecule has 3 rings (SSSR count). The van der Waals surface area contributed by atoms with Crippen LogP contribution in [-0.2, 0) is 9.53 Å². The van der Waals surface area contributed by atoms with Crippen molar-refractivity contribution in [1.29, 1.82) is 0 Å². The molecule has 0 unspecified atom stereocenters. The van der Waals surface area contributed by atoms with Gasteiger partial charge in [0.25, 0.3) is 0 Å². The smallest absolute Gasteiger partial charge is 0.322 e. The third-order valence-corrected chi connectivity index (χ3v) is 4.71. The third-order valence-electron chi connectivity index (χ3n) is 4.71. The molecule has 2 fully saturated rings. The lowest BCUT2D eigenvalue weighted by Gasteiger charge is -2.25. The van der Waals surface area contributed by atoms with Crippen LogP contribution in [0.25, 0.3) is 0 Å². The van der Waals surface area contributed by atoms with Crippen LogP contribution in [0.4, 0.5) is 10.5 Å². The largest absolute Gasteiger partial charge is 0.383 e. The van der Waals surface area contributed by atoms with Crippen LogP contribution < -0.4 is 5.32 Å². The molecule has 2 aliphatic rings. The van der Waals surface area contributed by atoms with Crippen molar-refractivity contribution < 1.29 is 14.3 Å². The van der Waals surface area contributed by atoms with Crippen LogP contribution in [0, 0.1) is 6.92 Å². The molecular weight excluding hydrogens is 294 g/mol. The fourth-order valence-corrected chi connectivity index (χ4v) is 3.49. The molecule has 0 spiro atoms. The van der Waals surface area contributed by atoms with Crippen LogP contribution in [0.2, 0.25) is 0 Å². The molecule has 2 heterocycles. The Kier molecular flexibility index (Phi) is 4.52. The topological polar surface area (TPSA) is 61.9 Å². The van der Waals surface area contributed by atoms with Crippen LogP contribution in [0.1, 0.15) is 18.4 Å². The van der Waals surface area contributed by atoms with Gasteiger partial charge in [0.1, 0.15) is 0 Å². The zero-order valence-corrected chi connectivity index (χ0v) is 13.6. The molecule has 3 amide bonds. The number of methoxy groups -OCH3 is 1. The molecule has 0 aromatic heterocycles. The predicted molar refractivity (Wildman–Crippen MR) is 87.3 cm³/mol. The predicted octanol–water partition coefficient (Wildman–Crippen LogP) is 1.85. The van der Waals surface area contributed by atoms with Crippen molar-refractivity contribution in [3.8, 4) is 0 Å². The van der Waals surface area contributed by atoms with Crippen LogP contribution in [-0.4, -0.2) is 60.6 Å². The van der Waals surface area contributed by atoms with Crippen molar-refractivity contribution in [2.45, 2.75) is 31.8 Å². The number of likely N-dealkylation sites (tertiary alicyclic amines) is 2. The molecule has 124 valence electrons. The lowest BCUT2D eigenvalue weighted by Crippen LogP contribution is -2.42. The van der Waals surface area contributed by atoms with Gasteiger partial charge >= 0.3 is 6.03 Å². The van der Waals surface area contributed by atoms with Crippen LogP contribution in [0.5, 0.6) is 0 Å². The fourth-order valence-electron chi connectivity index (χ4n) is 3.49. The average Bonchev–Trinajstić information content (AvgIpc) is 3.06. The van der Waals surface area contributed by atoms with Crippen LogP contribution in [0.3, 0.4) is 0 Å². The van der Waals surface area contributed by atoms with Gasteiger partial charge in [-0.05, 0) is 25.5 Å². The third kappa shape index (κ3) is 3.17. The minimum absolute atomic E-state index is 0.0233. The Hall–Kier alpha value is -2.08. The molecule has 0 aliphatic carbocycles. The molecule has 1 N–H and O–H groups in total. The van der Waals surface area contributed by atoms with Gasteiger partial charge in [0.2, 0.25) is 5.91 Å². The summed E-state index contributed by atoms with van der Waals surface area (Å²) in [6.45, 7) is 3.83. The van der Waals surface area contributed by atoms with Crippen LogP contribution >= 0.6 is 0 Å². The average molecular weight is 317 g/mol. The summed E-state index contributed by atoms with van der Waals surface area (Å²) in [4.78, 5) is 28.4. The van der Waals surface area contributed by atoms with Gasteiger partial charge in [-0.25, -0.2) is 4.79 Å². The summed E-state index contributed by atoms with van der Waals surface area (Å²) in [7, 11) is 1.63. The van der Waals surface area contributed by atoms with E-state index in [0.29, 0.717) is 26.1 Å². The van der Waals surface area contributed by atoms with Gasteiger partial charge in [0.05, 0.1) is 18.7 Å². The minimum Gasteiger partial charge on any atom is -0.383 e. The number of rotatable bonds is 4. The van der Waals surface area contributed by atoms with Gasteiger partial charge in [-0.15, -0.1) is 0 Å². The van der Waals surface area contributed by atoms with Crippen molar-refractivity contribution in [1.82, 2.24) is 9.80 Å². The molecule has 0 bridgehead atoms. The quantitative estimate of drug-likeness (QED) is 0.922. The number of nitrogens with zero attached hydrogens (tertiary/aromatic N) is 2. The maximum atomic E-state index is 12.5. The molecule has 2 aliphatic heterocycles. The van der Waals surface area contributed by atoms with E-state index in [4.69, 9.17) is 4.74 Å². The second-order valence-electron chi connectivity index (χ2n) is 6.20. The summed E-state index contributed by atoms with van der Waals surface area (Å²) in [6.07, 6.45) is 1.25. The van der Waals surface area contributed by atoms with E-state index in [2.05, 4.69) is 5.32 Å². The summed E-state index contributed by atoms with van der Waals surface area (Å²) in [5.41, 5.74) is 1.93. The highest BCUT2D eigenvalue weighted by molar-refractivity contribution is 5.91. The second kappa shape index (κ2) is 6.58. The SMILES string of the molecule is COCCN1C(=O)C[C@@H]2[C@@H]1CCN2C(=O)Nc1ccc(C)cc1. The lowest BCUT2D eigenvalue weighted by atomic mass is 10.1. The van der Waals surface area contributed by atoms with Crippen molar-refractivity contribution in [3.63, 3.8) is 0 Å². The Labute approximate surface area is 136 Å². The number of ether oxygens (including phenoxy) is 1. The number of nitrogens with one attached hydrogen (secondary N) is 1. The van der Waals surface area contributed by atoms with Gasteiger partial charge in [0.15, 0.2) is 0 Å². The summed E-state index contributed by atoms with van der Waals surface area (Å²) in [6, 6.07) is 7.70. The van der Waals surface area contributed by atoms with E-state index in [1.165, 1.54) is 0 Å². The molecule has 1 aromatic rings. The number of anilines is 1. The number of carbonyl (C=O) groups is 2. The Bertz CT molecular complexity index is 587. The number of aryl methyl sites for hydroxylation is 1. The van der Waals surface area contributed by atoms with Gasteiger partial charge in [0, 0.05) is 32.3 Å². The first-order valence-corrected chi connectivity index (χ1v) is 8.03. The maximum Gasteiger partial charge on any atom is 0.322 e. The first kappa shape index (κ1) is 15.8. The molecule has 6 heteroatoms. The summed E-state index contributed by atoms with van der Waals surface area (Å²) < 4.78 is 5.08. The normalized spacial score (nSPS) is 23.3. The molecular formula is C17H23N3O3. The second-order valence-corrected chi connectivity index (χ2v) is 6.20. The van der Waals surface area contributed by atoms with E-state index in [1.54, 1.807) is 12.0 Å². The number of benzene rings is 1. The van der Waals surface area contributed by atoms with E-state index < -0.39 is 0 Å². The number of amides is 3. The first-order valence-electron chi connectivity index (χ1n) is 8.03. The molecule has 23 heavy (non-hydrogen) atoms. The molecule has 2 atom stereocenters. The van der Waals surface area contributed by atoms with Gasteiger partial charge < -0.3 is 19.9 Å². The molecule has 1 aromatic carbocycles. The number of fused-ring (bicyclic) bond motifs is 1. The Morgan fingerprint density at radius 2 is 2.04 bits per heavy atom. The van der Waals surface area contributed by atoms with Crippen molar-refractivity contribution in [2.75, 3.05) is 32.1 Å². The number of urea groups is 1. The van der Waals surface area contributed by atoms with Crippen molar-refractivity contribution in [3.05, 3.63) is 29.8 Å². The summed E-state index contributed by atoms with van der Waals surface area (Å²) >= 11 is 0. The highest BCUT2D eigenvalue weighted by atomic mass is 16.5. The Morgan fingerprint density at radius 3 is 2.74 bits per heavy atom. The van der Waals surface area contributed by atoms with E-state index in [9.17, 15) is 9.59 Å². The number of hydrogen-bond donors (Lipinski definition) is 1. The highest BCUT2D eigenvalue weighted by Gasteiger charge is 2.48. The zero-order valence-electron chi connectivity index (χ0n) is 13.6. The van der Waals surface area contributed by atoms with E-state index in [1.807, 2.05) is 36.1 Å². The summed E-state index contributed by atoms with van der Waals surface area (Å²) in [5, 5.41) is 2.93. The standard InChI is InChI=1S/C17H23N3O3/c1-12-3-5-13(6-4-12)18-17(22)20-8-7-14-15(20)11-16(21)19(14)9-10-23-2/h3-6,14-15H,7-11H2,1-2H3,(H,18,22)/t14-,15+/m0/s1. The fraction of sp³-hybridized carbons (Fsp3) is 0.529. The highest BCUT2D eigenvalue weighted by Crippen LogP contribution is 2.32. The Morgan fingerprint density at radius 1 is 1.30 bits per heavy atom. The number of hydrogen-bond acceptors (Lipinski definition) is 3. The van der Waals surface area contributed by atoms with E-state index in [-0.39, 0.29) is 24.0 Å². The molecule has 0 saturated carbocycles. The van der Waals surface area contributed by atoms with Crippen molar-refractivity contribution >= 4 is 17.6 Å². The zero-order chi connectivity index (χ0) is 16.4. The Balaban J connectivity index is 1.64. The summed E-state index contributed by atoms with van der Waals surface area (Å²) in [5.74, 6) is 0.116. The lowest BCUT2D eigenvalue weighted by molar-refractivity contribution is -0.129. The maximum absolute atomic E-state index is 12.5. The van der Waals surface area contributed by atoms with Gasteiger partial charge in [-0.3, -0.25) is 4.79 Å². The van der Waals surface area contributed by atoms with Crippen LogP contribution in [0.15, 0.2) is 24.3 Å². The molecule has 6 nitrogen and oxygen atoms in total. The van der Waals surface area contributed by atoms with Gasteiger partial charge in [-0.2, -0.15) is 0 Å². The minimum atomic E-state index is -0.122. The van der Waals surface area contributed by atoms with Gasteiger partial charge in [-0.1, -0.05) is 17.7 Å². The first-order chi connectivity index (χ1) is 11.1. The van der Waals surface area contributed by atoms with E-state index >= 15 is 0 Å². The monoisotopic (exact) mass is 317 g/mol. The van der Waals surface area contributed by atoms with E-state index in [0.717, 1.165) is 17.7 Å².